The van der Waals surface area contributed by atoms with E-state index in [1.165, 1.54) is 76.1 Å². The molecule has 6 bridgehead atoms. The molecule has 9 unspecified atom stereocenters. The molecule has 0 saturated carbocycles. The van der Waals surface area contributed by atoms with E-state index in [0.717, 1.165) is 15.5 Å². The van der Waals surface area contributed by atoms with Gasteiger partial charge in [-0.25, -0.2) is 85.4 Å². The molecule has 21 rings (SSSR count). The van der Waals surface area contributed by atoms with Crippen LogP contribution in [0.25, 0.3) is 67.0 Å². The van der Waals surface area contributed by atoms with E-state index in [9.17, 15) is 71.1 Å². The molecule has 69 heteroatoms. The monoisotopic (exact) mass is 1990 g/mol. The van der Waals surface area contributed by atoms with Gasteiger partial charge in [-0.05, 0) is 18.2 Å². The summed E-state index contributed by atoms with van der Waals surface area (Å²) in [5, 5.41) is 0. The summed E-state index contributed by atoms with van der Waals surface area (Å²) in [5.41, 5.74) is 34.7. The van der Waals surface area contributed by atoms with Crippen LogP contribution in [0.2, 0.25) is 0 Å². The SMILES string of the molecule is C[C@@H]1[C@@H]2OP(=O)(O)OC[C@@H]3C[C@@H](OP(=O)(O)OC[C@H]2O[C@H]1n1cnc2c(N)ccnc21)[C@H](n1cnc2c(=O)[nH]c(N)nc21)O3.Nc1nc2c(ncn2[C@@H]2O[C@@H]3COP(=O)(O)O[C@@H]4C(F)[C@H](n5cnc6c(N)ccnc65)O[C@@H]4COP(=O)(O)OC2[C@H]3F)c(=O)[nH]1.Nc1nc2c(ncn2[C@@H]2O[C@@H]3COP(=O)(O)O[C@@H]4C(F)[C@H](n5cnc6c(N)ccnc65)O[C@@H]4COP(=O)(O)O[C@@H]2C3)c(=O)[nH]1. The number of hydrogen-bond acceptors (Lipinski definition) is 45. The number of hydrogen-bond donors (Lipinski definition) is 15. The molecule has 9 aliphatic rings. The highest BCUT2D eigenvalue weighted by Crippen LogP contribution is 2.59. The maximum atomic E-state index is 15.9. The van der Waals surface area contributed by atoms with Gasteiger partial charge in [-0.15, -0.1) is 0 Å². The molecule has 21 heterocycles. The summed E-state index contributed by atoms with van der Waals surface area (Å²) >= 11 is 0. The first kappa shape index (κ1) is 92.0. The fourth-order valence-corrected chi connectivity index (χ4v) is 22.1. The molecule has 12 aromatic rings. The lowest BCUT2D eigenvalue weighted by molar-refractivity contribution is -0.0670. The van der Waals surface area contributed by atoms with E-state index in [0.29, 0.717) is 16.9 Å². The average molecular weight is 1990 g/mol. The molecule has 28 atom stereocenters. The highest BCUT2D eigenvalue weighted by Gasteiger charge is 2.58. The van der Waals surface area contributed by atoms with Crippen LogP contribution >= 0.6 is 46.9 Å². The normalized spacial score (nSPS) is 36.9. The van der Waals surface area contributed by atoms with E-state index in [1.807, 2.05) is 0 Å². The van der Waals surface area contributed by atoms with Crippen LogP contribution in [-0.4, -0.2) is 263 Å². The Morgan fingerprint density at radius 3 is 0.992 bits per heavy atom. The second-order valence-electron chi connectivity index (χ2n) is 30.9. The van der Waals surface area contributed by atoms with Crippen LogP contribution in [0, 0.1) is 5.92 Å². The number of fused-ring (bicyclic) bond motifs is 15. The molecule has 60 nitrogen and oxygen atoms in total. The maximum Gasteiger partial charge on any atom is 0.472 e. The van der Waals surface area contributed by atoms with Crippen molar-refractivity contribution in [3.05, 3.63) is 106 Å². The highest BCUT2D eigenvalue weighted by molar-refractivity contribution is 7.48. The number of pyridine rings is 3. The lowest BCUT2D eigenvalue weighted by atomic mass is 10.0. The predicted octanol–water partition coefficient (Wildman–Crippen LogP) is 1.06. The molecule has 133 heavy (non-hydrogen) atoms. The number of nitrogens with zero attached hydrogens (tertiary/aromatic N) is 18. The van der Waals surface area contributed by atoms with Gasteiger partial charge in [0.25, 0.3) is 16.7 Å². The van der Waals surface area contributed by atoms with Crippen molar-refractivity contribution in [3.8, 4) is 0 Å². The van der Waals surface area contributed by atoms with Crippen molar-refractivity contribution in [2.24, 2.45) is 5.92 Å². The predicted molar refractivity (Wildman–Crippen MR) is 434 cm³/mol. The van der Waals surface area contributed by atoms with Crippen LogP contribution in [0.1, 0.15) is 57.1 Å². The van der Waals surface area contributed by atoms with E-state index < -0.39 is 238 Å². The fraction of sp³-hybridized carbons (Fsp3) is 0.484. The number of nitrogen functional groups attached to an aromatic ring is 6. The number of aromatic nitrogens is 21. The Labute approximate surface area is 735 Å². The van der Waals surface area contributed by atoms with E-state index in [-0.39, 0.29) is 97.9 Å². The first-order valence-electron chi connectivity index (χ1n) is 39.3. The van der Waals surface area contributed by atoms with E-state index >= 15 is 13.2 Å². The van der Waals surface area contributed by atoms with Crippen molar-refractivity contribution in [1.82, 2.24) is 102 Å². The number of nitrogens with one attached hydrogen (secondary N) is 3. The molecule has 21 N–H and O–H groups in total. The Morgan fingerprint density at radius 1 is 0.331 bits per heavy atom. The molecule has 9 fully saturated rings. The van der Waals surface area contributed by atoms with Crippen molar-refractivity contribution < 1.29 is 153 Å². The molecule has 0 aromatic carbocycles. The smallest absolute Gasteiger partial charge is 0.397 e. The molecule has 0 aliphatic carbocycles. The van der Waals surface area contributed by atoms with Crippen LogP contribution in [0.15, 0.2) is 89.1 Å². The Kier molecular flexibility index (Phi) is 24.2. The van der Waals surface area contributed by atoms with Gasteiger partial charge < -0.3 is 92.2 Å². The summed E-state index contributed by atoms with van der Waals surface area (Å²) in [4.78, 5) is 156. The van der Waals surface area contributed by atoms with Gasteiger partial charge in [0.2, 0.25) is 17.8 Å². The number of rotatable bonds is 6. The van der Waals surface area contributed by atoms with Crippen molar-refractivity contribution >= 4 is 149 Å². The molecule has 0 spiro atoms. The quantitative estimate of drug-likeness (QED) is 0.103. The number of H-pyrrole nitrogens is 3. The molecule has 714 valence electrons. The first-order chi connectivity index (χ1) is 63.1. The summed E-state index contributed by atoms with van der Waals surface area (Å²) < 4.78 is 232. The van der Waals surface area contributed by atoms with Crippen LogP contribution in [0.4, 0.5) is 48.1 Å². The third kappa shape index (κ3) is 18.0. The molecule has 12 aromatic heterocycles. The summed E-state index contributed by atoms with van der Waals surface area (Å²) in [6.45, 7) is -2.68. The molecular weight excluding hydrogens is 1920 g/mol. The van der Waals surface area contributed by atoms with Crippen molar-refractivity contribution in [3.63, 3.8) is 0 Å². The largest absolute Gasteiger partial charge is 0.472 e. The van der Waals surface area contributed by atoms with Crippen LogP contribution in [-0.2, 0) is 110 Å². The van der Waals surface area contributed by atoms with E-state index in [2.05, 4.69) is 74.8 Å². The van der Waals surface area contributed by atoms with Gasteiger partial charge in [0.15, 0.2) is 100 Å². The summed E-state index contributed by atoms with van der Waals surface area (Å²) in [5.74, 6) is -1.38. The number of phosphoric acid groups is 6. The number of phosphoric ester groups is 6. The van der Waals surface area contributed by atoms with Gasteiger partial charge in [-0.1, -0.05) is 6.92 Å². The second-order valence-corrected chi connectivity index (χ2v) is 39.3. The lowest BCUT2D eigenvalue weighted by Gasteiger charge is -2.26. The van der Waals surface area contributed by atoms with Gasteiger partial charge in [0, 0.05) is 37.4 Å². The summed E-state index contributed by atoms with van der Waals surface area (Å²) in [6, 6.07) is 4.55. The number of anilines is 6. The zero-order chi connectivity index (χ0) is 93.8. The molecular formula is C64H74F3N27O33P6. The summed E-state index contributed by atoms with van der Waals surface area (Å²) in [7, 11) is -29.9. The third-order valence-corrected chi connectivity index (χ3v) is 28.2. The zero-order valence-electron chi connectivity index (χ0n) is 67.3. The molecule has 0 radical (unpaired) electrons. The fourth-order valence-electron chi connectivity index (χ4n) is 16.3. The zero-order valence-corrected chi connectivity index (χ0v) is 72.7. The summed E-state index contributed by atoms with van der Waals surface area (Å²) in [6.07, 6.45) is -20.6. The lowest BCUT2D eigenvalue weighted by Crippen LogP contribution is -2.34. The van der Waals surface area contributed by atoms with Crippen LogP contribution in [0.3, 0.4) is 0 Å². The number of halogens is 3. The minimum Gasteiger partial charge on any atom is -0.397 e. The molecule has 0 amide bonds. The van der Waals surface area contributed by atoms with E-state index in [4.69, 9.17) is 117 Å². The van der Waals surface area contributed by atoms with Gasteiger partial charge >= 0.3 is 46.9 Å². The molecule has 9 aliphatic heterocycles. The Morgan fingerprint density at radius 2 is 0.617 bits per heavy atom. The minimum atomic E-state index is -5.23. The highest BCUT2D eigenvalue weighted by atomic mass is 31.2. The topological polar surface area (TPSA) is 829 Å². The Hall–Kier alpha value is -10.1. The van der Waals surface area contributed by atoms with Gasteiger partial charge in [-0.2, -0.15) is 15.0 Å². The number of nitrogens with two attached hydrogens (primary N) is 6. The maximum absolute atomic E-state index is 15.9. The number of ether oxygens (including phenoxy) is 6. The first-order valence-corrected chi connectivity index (χ1v) is 48.2. The van der Waals surface area contributed by atoms with Crippen LogP contribution < -0.4 is 51.1 Å². The van der Waals surface area contributed by atoms with Gasteiger partial charge in [-0.3, -0.25) is 111 Å². The van der Waals surface area contributed by atoms with Crippen LogP contribution in [0.5, 0.6) is 0 Å². The van der Waals surface area contributed by atoms with Crippen molar-refractivity contribution in [2.75, 3.05) is 74.0 Å². The van der Waals surface area contributed by atoms with Gasteiger partial charge in [0.1, 0.15) is 83.8 Å². The number of aromatic amines is 3. The third-order valence-electron chi connectivity index (χ3n) is 22.2. The minimum absolute atomic E-state index is 0.0166. The standard InChI is InChI=1S/C22H27N9O11P2.C21H23F2N9O11P2.C21H24FN9O11P2/c1-9-16-13(40-20(9)30-7-26-14-11(23)2-3-25-17(14)30)6-38-43(33,34)41-12-4-10(5-37-44(35,36)42-16)39-21(12)31-8-27-15-18(31)28-22(24)29-19(15)32;22-10-8-3-38-44(34,35)42-14-9(41-19(11(14)23)31-5-27-12-7(24)1-2-26-16(12)31)4-39-45(36,37)43-15(10)20(40-8)32-6-28-13-17(32)29-21(25)30-18(13)33;22-12-15-11(40-20(12)30-6-26-13-9(23)1-2-25-16(13)30)5-38-43(33,34)41-10-3-8(4-37-44(35,36)42-15)39-19(10)31-7-27-14-17(31)28-21(24)29-18(14)32/h2-3,7-10,12-13,16,20-21H,4-6H2,1H3,(H2,23,25)(H,33,34)(H,35,36)(H3,24,28,29,32);1-2,5-6,8-11,14-15,19-20H,3-4H2,(H2,24,26)(H,34,35)(H,36,37)(H3,25,29,30,33);1-2,6-8,10-12,15,19-20H,3-5H2,(H2,23,25)(H,33,34)(H,35,36)(H3,24,28,29,32)/t9-,10+,12-,13-,16+,20-,21-;8-,9-,10+,11?,14+,15?,19-,20-;8-,10+,11+,12?,15-,19+,20+/m110/s1. The van der Waals surface area contributed by atoms with Gasteiger partial charge in [0.05, 0.1) is 107 Å². The Balaban J connectivity index is 0.000000129. The Bertz CT molecular complexity index is 6770. The number of alkyl halides is 3. The van der Waals surface area contributed by atoms with E-state index in [1.54, 1.807) is 17.6 Å². The average Bonchev–Trinajstić information content (AvgIpc) is 1.50. The molecule has 9 saturated heterocycles. The second kappa shape index (κ2) is 34.9. The van der Waals surface area contributed by atoms with Crippen molar-refractivity contribution in [1.29, 1.82) is 0 Å². The van der Waals surface area contributed by atoms with Crippen molar-refractivity contribution in [2.45, 2.75) is 149 Å². The number of imidazole rings is 6.